The lowest BCUT2D eigenvalue weighted by molar-refractivity contribution is 0.195. The van der Waals surface area contributed by atoms with E-state index in [9.17, 15) is 0 Å². The molecule has 1 N–H and O–H groups in total. The van der Waals surface area contributed by atoms with E-state index in [-0.39, 0.29) is 30.2 Å². The zero-order valence-corrected chi connectivity index (χ0v) is 21.8. The lowest BCUT2D eigenvalue weighted by Gasteiger charge is -2.41. The molecule has 4 nitrogen and oxygen atoms in total. The maximum atomic E-state index is 6.30. The van der Waals surface area contributed by atoms with Crippen molar-refractivity contribution >= 4 is 63.9 Å². The molecule has 2 heterocycles. The molecule has 1 aliphatic heterocycles. The Labute approximate surface area is 218 Å². The van der Waals surface area contributed by atoms with Gasteiger partial charge in [-0.3, -0.25) is 0 Å². The number of nitrogens with zero attached hydrogens (tertiary/aromatic N) is 2. The lowest BCUT2D eigenvalue weighted by atomic mass is 9.72. The molecule has 0 radical (unpaired) electrons. The third-order valence-electron chi connectivity index (χ3n) is 6.88. The van der Waals surface area contributed by atoms with Crippen LogP contribution < -0.4 is 10.1 Å². The second-order valence-electron chi connectivity index (χ2n) is 8.83. The number of halogens is 3. The average molecular weight is 519 g/mol. The van der Waals surface area contributed by atoms with Gasteiger partial charge in [0.25, 0.3) is 0 Å². The Morgan fingerprint density at radius 2 is 1.68 bits per heavy atom. The summed E-state index contributed by atoms with van der Waals surface area (Å²) in [6.07, 6.45) is 2.24. The third kappa shape index (κ3) is 5.06. The van der Waals surface area contributed by atoms with Crippen LogP contribution in [0.2, 0.25) is 5.02 Å². The van der Waals surface area contributed by atoms with E-state index < -0.39 is 0 Å². The summed E-state index contributed by atoms with van der Waals surface area (Å²) in [7, 11) is 3.91. The standard InChI is InChI=1S/C27H28ClN3O.2ClH/c1-31-14-12-27(13-15-31,19-6-4-3-5-7-19)18-29-26-22-10-8-20(28)16-25(22)30-24-11-9-21(32-2)17-23(24)26;;/h3-11,16-17H,12-15,18H2,1-2H3,(H,29,30);2*1H. The molecule has 7 heteroatoms. The second-order valence-corrected chi connectivity index (χ2v) is 9.27. The largest absolute Gasteiger partial charge is 0.497 e. The van der Waals surface area contributed by atoms with Gasteiger partial charge in [-0.25, -0.2) is 4.98 Å². The van der Waals surface area contributed by atoms with Gasteiger partial charge in [0.05, 0.1) is 23.8 Å². The van der Waals surface area contributed by atoms with E-state index in [4.69, 9.17) is 21.3 Å². The number of aromatic nitrogens is 1. The molecule has 1 saturated heterocycles. The summed E-state index contributed by atoms with van der Waals surface area (Å²) in [4.78, 5) is 7.29. The van der Waals surface area contributed by atoms with Crippen LogP contribution in [0.15, 0.2) is 66.7 Å². The SMILES string of the molecule is COc1ccc2nc3cc(Cl)ccc3c(NCC3(c4ccccc4)CCN(C)CC3)c2c1.Cl.Cl. The summed E-state index contributed by atoms with van der Waals surface area (Å²) in [5.41, 5.74) is 4.41. The Morgan fingerprint density at radius 1 is 0.941 bits per heavy atom. The van der Waals surface area contributed by atoms with Crippen molar-refractivity contribution in [2.45, 2.75) is 18.3 Å². The van der Waals surface area contributed by atoms with E-state index in [1.807, 2.05) is 24.3 Å². The van der Waals surface area contributed by atoms with Gasteiger partial charge in [0.15, 0.2) is 0 Å². The van der Waals surface area contributed by atoms with E-state index in [0.717, 1.165) is 65.7 Å². The van der Waals surface area contributed by atoms with Gasteiger partial charge in [-0.15, -0.1) is 24.8 Å². The normalized spacial score (nSPS) is 15.4. The number of likely N-dealkylation sites (tertiary alicyclic amines) is 1. The number of methoxy groups -OCH3 is 1. The number of nitrogens with one attached hydrogen (secondary N) is 1. The molecular weight excluding hydrogens is 489 g/mol. The summed E-state index contributed by atoms with van der Waals surface area (Å²) in [6.45, 7) is 3.05. The summed E-state index contributed by atoms with van der Waals surface area (Å²) < 4.78 is 5.52. The molecule has 0 unspecified atom stereocenters. The number of fused-ring (bicyclic) bond motifs is 2. The van der Waals surface area contributed by atoms with E-state index in [0.29, 0.717) is 5.02 Å². The highest BCUT2D eigenvalue weighted by Gasteiger charge is 2.35. The van der Waals surface area contributed by atoms with E-state index in [1.165, 1.54) is 5.56 Å². The van der Waals surface area contributed by atoms with E-state index in [1.54, 1.807) is 7.11 Å². The number of rotatable bonds is 5. The molecule has 0 saturated carbocycles. The smallest absolute Gasteiger partial charge is 0.119 e. The van der Waals surface area contributed by atoms with Crippen molar-refractivity contribution in [3.8, 4) is 5.75 Å². The molecule has 34 heavy (non-hydrogen) atoms. The Morgan fingerprint density at radius 3 is 2.38 bits per heavy atom. The molecule has 0 spiro atoms. The average Bonchev–Trinajstić information content (AvgIpc) is 2.83. The van der Waals surface area contributed by atoms with Crippen LogP contribution in [-0.4, -0.2) is 43.7 Å². The molecule has 5 rings (SSSR count). The summed E-state index contributed by atoms with van der Waals surface area (Å²) in [5.74, 6) is 0.827. The van der Waals surface area contributed by atoms with Crippen molar-refractivity contribution in [3.63, 3.8) is 0 Å². The molecule has 0 bridgehead atoms. The lowest BCUT2D eigenvalue weighted by Crippen LogP contribution is -2.45. The van der Waals surface area contributed by atoms with Crippen LogP contribution in [0.1, 0.15) is 18.4 Å². The molecule has 1 aromatic heterocycles. The van der Waals surface area contributed by atoms with Crippen LogP contribution in [0, 0.1) is 0 Å². The van der Waals surface area contributed by atoms with Gasteiger partial charge in [-0.05, 0) is 74.9 Å². The van der Waals surface area contributed by atoms with Crippen molar-refractivity contribution in [1.82, 2.24) is 9.88 Å². The molecule has 1 fully saturated rings. The Hall–Kier alpha value is -2.24. The van der Waals surface area contributed by atoms with Crippen molar-refractivity contribution in [2.75, 3.05) is 39.1 Å². The monoisotopic (exact) mass is 517 g/mol. The summed E-state index contributed by atoms with van der Waals surface area (Å²) >= 11 is 6.30. The molecule has 0 aliphatic carbocycles. The molecule has 0 amide bonds. The number of hydrogen-bond acceptors (Lipinski definition) is 4. The first-order chi connectivity index (χ1) is 15.6. The highest BCUT2D eigenvalue weighted by atomic mass is 35.5. The quantitative estimate of drug-likeness (QED) is 0.290. The Kier molecular flexibility index (Phi) is 8.53. The van der Waals surface area contributed by atoms with E-state index in [2.05, 4.69) is 59.7 Å². The van der Waals surface area contributed by atoms with Gasteiger partial charge in [0, 0.05) is 27.8 Å². The van der Waals surface area contributed by atoms with Crippen LogP contribution in [0.5, 0.6) is 5.75 Å². The predicted molar refractivity (Wildman–Crippen MR) is 149 cm³/mol. The van der Waals surface area contributed by atoms with Gasteiger partial charge >= 0.3 is 0 Å². The zero-order chi connectivity index (χ0) is 22.1. The third-order valence-corrected chi connectivity index (χ3v) is 7.11. The molecule has 3 aromatic carbocycles. The van der Waals surface area contributed by atoms with Crippen LogP contribution in [0.3, 0.4) is 0 Å². The highest BCUT2D eigenvalue weighted by Crippen LogP contribution is 2.39. The van der Waals surface area contributed by atoms with Gasteiger partial charge in [-0.2, -0.15) is 0 Å². The van der Waals surface area contributed by atoms with Crippen LogP contribution >= 0.6 is 36.4 Å². The van der Waals surface area contributed by atoms with Crippen LogP contribution in [0.25, 0.3) is 21.8 Å². The fourth-order valence-corrected chi connectivity index (χ4v) is 5.04. The number of ether oxygens (including phenoxy) is 1. The fourth-order valence-electron chi connectivity index (χ4n) is 4.88. The number of piperidine rings is 1. The highest BCUT2D eigenvalue weighted by molar-refractivity contribution is 6.31. The van der Waals surface area contributed by atoms with E-state index >= 15 is 0 Å². The number of hydrogen-bond donors (Lipinski definition) is 1. The van der Waals surface area contributed by atoms with Crippen molar-refractivity contribution in [1.29, 1.82) is 0 Å². The maximum Gasteiger partial charge on any atom is 0.119 e. The minimum absolute atomic E-state index is 0. The predicted octanol–water partition coefficient (Wildman–Crippen LogP) is 6.97. The van der Waals surface area contributed by atoms with Gasteiger partial charge in [-0.1, -0.05) is 41.9 Å². The maximum absolute atomic E-state index is 6.30. The summed E-state index contributed by atoms with van der Waals surface area (Å²) in [5, 5.41) is 6.70. The minimum atomic E-state index is 0. The molecular formula is C27H30Cl3N3O. The van der Waals surface area contributed by atoms with Gasteiger partial charge < -0.3 is 15.0 Å². The fraction of sp³-hybridized carbons (Fsp3) is 0.296. The van der Waals surface area contributed by atoms with Crippen molar-refractivity contribution in [3.05, 3.63) is 77.3 Å². The van der Waals surface area contributed by atoms with Crippen LogP contribution in [-0.2, 0) is 5.41 Å². The first kappa shape index (κ1) is 26.4. The Balaban J connectivity index is 0.00000162. The molecule has 0 atom stereocenters. The number of anilines is 1. The topological polar surface area (TPSA) is 37.4 Å². The minimum Gasteiger partial charge on any atom is -0.497 e. The Bertz CT molecular complexity index is 1260. The first-order valence-corrected chi connectivity index (χ1v) is 11.5. The number of pyridine rings is 1. The number of benzene rings is 3. The molecule has 180 valence electrons. The summed E-state index contributed by atoms with van der Waals surface area (Å²) in [6, 6.07) is 22.9. The molecule has 4 aromatic rings. The van der Waals surface area contributed by atoms with Gasteiger partial charge in [0.1, 0.15) is 5.75 Å². The van der Waals surface area contributed by atoms with Crippen molar-refractivity contribution < 1.29 is 4.74 Å². The molecule has 1 aliphatic rings. The first-order valence-electron chi connectivity index (χ1n) is 11.1. The van der Waals surface area contributed by atoms with Crippen molar-refractivity contribution in [2.24, 2.45) is 0 Å². The second kappa shape index (κ2) is 11.0. The zero-order valence-electron chi connectivity index (χ0n) is 19.4. The van der Waals surface area contributed by atoms with Gasteiger partial charge in [0.2, 0.25) is 0 Å². The van der Waals surface area contributed by atoms with Crippen LogP contribution in [0.4, 0.5) is 5.69 Å².